The molecular weight excluding hydrogens is 416 g/mol. The van der Waals surface area contributed by atoms with E-state index >= 15 is 0 Å². The third-order valence-electron chi connectivity index (χ3n) is 4.46. The quantitative estimate of drug-likeness (QED) is 0.717. The van der Waals surface area contributed by atoms with Gasteiger partial charge >= 0.3 is 6.03 Å². The fourth-order valence-electron chi connectivity index (χ4n) is 2.86. The molecule has 11 heteroatoms. The van der Waals surface area contributed by atoms with Crippen molar-refractivity contribution in [3.63, 3.8) is 0 Å². The Morgan fingerprint density at radius 3 is 2.55 bits per heavy atom. The minimum Gasteiger partial charge on any atom is -0.377 e. The van der Waals surface area contributed by atoms with Gasteiger partial charge in [-0.2, -0.15) is 0 Å². The summed E-state index contributed by atoms with van der Waals surface area (Å²) in [6, 6.07) is 6.68. The van der Waals surface area contributed by atoms with Gasteiger partial charge in [-0.25, -0.2) is 4.79 Å². The van der Waals surface area contributed by atoms with Crippen LogP contribution in [0.2, 0.25) is 5.02 Å². The van der Waals surface area contributed by atoms with E-state index in [1.165, 1.54) is 11.3 Å². The number of ether oxygens (including phenoxy) is 1. The Morgan fingerprint density at radius 2 is 1.90 bits per heavy atom. The third-order valence-corrected chi connectivity index (χ3v) is 5.52. The molecule has 2 heterocycles. The molecule has 1 aromatic heterocycles. The minimum atomic E-state index is -0.702. The Bertz CT molecular complexity index is 838. The largest absolute Gasteiger partial charge is 0.377 e. The SMILES string of the molecule is COCc1nnc(NC(=O)[C@@H](C)NC(=O)N2CCN(c3ccc(Cl)cc3)CC2)s1. The summed E-state index contributed by atoms with van der Waals surface area (Å²) in [6.45, 7) is 4.53. The van der Waals surface area contributed by atoms with Gasteiger partial charge in [0.2, 0.25) is 11.0 Å². The van der Waals surface area contributed by atoms with Gasteiger partial charge in [-0.1, -0.05) is 22.9 Å². The van der Waals surface area contributed by atoms with E-state index in [9.17, 15) is 9.59 Å². The lowest BCUT2D eigenvalue weighted by atomic mass is 10.2. The number of nitrogens with zero attached hydrogens (tertiary/aromatic N) is 4. The van der Waals surface area contributed by atoms with Crippen molar-refractivity contribution >= 4 is 45.7 Å². The predicted octanol–water partition coefficient (Wildman–Crippen LogP) is 2.20. The van der Waals surface area contributed by atoms with Crippen molar-refractivity contribution in [3.05, 3.63) is 34.3 Å². The molecule has 3 amide bonds. The maximum atomic E-state index is 12.5. The number of hydrogen-bond donors (Lipinski definition) is 2. The van der Waals surface area contributed by atoms with Crippen LogP contribution in [0.3, 0.4) is 0 Å². The number of amides is 3. The summed E-state index contributed by atoms with van der Waals surface area (Å²) in [4.78, 5) is 28.7. The fraction of sp³-hybridized carbons (Fsp3) is 0.444. The Morgan fingerprint density at radius 1 is 1.21 bits per heavy atom. The number of benzene rings is 1. The van der Waals surface area contributed by atoms with Crippen LogP contribution in [0.5, 0.6) is 0 Å². The van der Waals surface area contributed by atoms with Gasteiger partial charge in [-0.05, 0) is 31.2 Å². The second-order valence-corrected chi connectivity index (χ2v) is 8.04. The lowest BCUT2D eigenvalue weighted by molar-refractivity contribution is -0.117. The van der Waals surface area contributed by atoms with E-state index in [2.05, 4.69) is 25.7 Å². The average molecular weight is 439 g/mol. The van der Waals surface area contributed by atoms with Crippen LogP contribution in [0.15, 0.2) is 24.3 Å². The average Bonchev–Trinajstić information content (AvgIpc) is 3.16. The summed E-state index contributed by atoms with van der Waals surface area (Å²) in [5, 5.41) is 14.9. The zero-order chi connectivity index (χ0) is 20.8. The highest BCUT2D eigenvalue weighted by Crippen LogP contribution is 2.19. The van der Waals surface area contributed by atoms with Crippen LogP contribution in [-0.4, -0.2) is 66.4 Å². The van der Waals surface area contributed by atoms with E-state index in [-0.39, 0.29) is 11.9 Å². The Balaban J connectivity index is 1.45. The first-order valence-electron chi connectivity index (χ1n) is 9.14. The number of hydrogen-bond acceptors (Lipinski definition) is 7. The van der Waals surface area contributed by atoms with Gasteiger partial charge in [0.15, 0.2) is 0 Å². The molecule has 2 N–H and O–H groups in total. The first-order chi connectivity index (χ1) is 14.0. The van der Waals surface area contributed by atoms with Gasteiger partial charge in [-0.15, -0.1) is 10.2 Å². The van der Waals surface area contributed by atoms with E-state index in [1.54, 1.807) is 18.9 Å². The summed E-state index contributed by atoms with van der Waals surface area (Å²) >= 11 is 7.16. The summed E-state index contributed by atoms with van der Waals surface area (Å²) in [5.74, 6) is -0.349. The zero-order valence-corrected chi connectivity index (χ0v) is 17.8. The Hall–Kier alpha value is -2.43. The highest BCUT2D eigenvalue weighted by Gasteiger charge is 2.24. The monoisotopic (exact) mass is 438 g/mol. The van der Waals surface area contributed by atoms with Crippen LogP contribution < -0.4 is 15.5 Å². The highest BCUT2D eigenvalue weighted by molar-refractivity contribution is 7.15. The summed E-state index contributed by atoms with van der Waals surface area (Å²) in [6.07, 6.45) is 0. The number of urea groups is 1. The van der Waals surface area contributed by atoms with Crippen molar-refractivity contribution in [1.82, 2.24) is 20.4 Å². The van der Waals surface area contributed by atoms with Crippen LogP contribution >= 0.6 is 22.9 Å². The van der Waals surface area contributed by atoms with Crippen molar-refractivity contribution < 1.29 is 14.3 Å². The van der Waals surface area contributed by atoms with E-state index in [0.717, 1.165) is 5.69 Å². The molecule has 1 aliphatic rings. The van der Waals surface area contributed by atoms with Crippen LogP contribution in [0.25, 0.3) is 0 Å². The molecule has 0 bridgehead atoms. The van der Waals surface area contributed by atoms with Crippen molar-refractivity contribution in [1.29, 1.82) is 0 Å². The van der Waals surface area contributed by atoms with Crippen molar-refractivity contribution in [2.45, 2.75) is 19.6 Å². The van der Waals surface area contributed by atoms with Crippen molar-refractivity contribution in [3.8, 4) is 0 Å². The normalized spacial score (nSPS) is 15.1. The number of carbonyl (C=O) groups is 2. The number of aromatic nitrogens is 2. The smallest absolute Gasteiger partial charge is 0.318 e. The fourth-order valence-corrected chi connectivity index (χ4v) is 3.70. The molecule has 0 unspecified atom stereocenters. The maximum absolute atomic E-state index is 12.5. The number of nitrogens with one attached hydrogen (secondary N) is 2. The van der Waals surface area contributed by atoms with Crippen LogP contribution in [-0.2, 0) is 16.1 Å². The lowest BCUT2D eigenvalue weighted by Crippen LogP contribution is -2.54. The molecule has 156 valence electrons. The van der Waals surface area contributed by atoms with Gasteiger partial charge in [-0.3, -0.25) is 10.1 Å². The first kappa shape index (κ1) is 21.3. The third kappa shape index (κ3) is 5.78. The molecule has 1 atom stereocenters. The van der Waals surface area contributed by atoms with Crippen LogP contribution in [0.1, 0.15) is 11.9 Å². The summed E-state index contributed by atoms with van der Waals surface area (Å²) in [7, 11) is 1.56. The highest BCUT2D eigenvalue weighted by atomic mass is 35.5. The summed E-state index contributed by atoms with van der Waals surface area (Å²) in [5.41, 5.74) is 1.08. The van der Waals surface area contributed by atoms with Gasteiger partial charge in [0.1, 0.15) is 17.7 Å². The van der Waals surface area contributed by atoms with Crippen molar-refractivity contribution in [2.24, 2.45) is 0 Å². The number of piperazine rings is 1. The predicted molar refractivity (Wildman–Crippen MR) is 112 cm³/mol. The molecule has 1 saturated heterocycles. The number of halogens is 1. The number of carbonyl (C=O) groups excluding carboxylic acids is 2. The van der Waals surface area contributed by atoms with E-state index in [1.807, 2.05) is 24.3 Å². The number of rotatable bonds is 6. The van der Waals surface area contributed by atoms with E-state index in [4.69, 9.17) is 16.3 Å². The number of methoxy groups -OCH3 is 1. The van der Waals surface area contributed by atoms with Crippen LogP contribution in [0, 0.1) is 0 Å². The Labute approximate surface area is 178 Å². The lowest BCUT2D eigenvalue weighted by Gasteiger charge is -2.36. The maximum Gasteiger partial charge on any atom is 0.318 e. The van der Waals surface area contributed by atoms with Gasteiger partial charge in [0.25, 0.3) is 0 Å². The van der Waals surface area contributed by atoms with Crippen LogP contribution in [0.4, 0.5) is 15.6 Å². The number of anilines is 2. The summed E-state index contributed by atoms with van der Waals surface area (Å²) < 4.78 is 4.98. The van der Waals surface area contributed by atoms with Gasteiger partial charge in [0.05, 0.1) is 0 Å². The first-order valence-corrected chi connectivity index (χ1v) is 10.3. The second-order valence-electron chi connectivity index (χ2n) is 6.54. The van der Waals surface area contributed by atoms with E-state index in [0.29, 0.717) is 47.9 Å². The standard InChI is InChI=1S/C18H23ClN6O3S/c1-12(16(26)21-17-23-22-15(29-17)11-28-2)20-18(27)25-9-7-24(8-10-25)14-5-3-13(19)4-6-14/h3-6,12H,7-11H2,1-2H3,(H,20,27)(H,21,23,26)/t12-/m1/s1. The molecule has 2 aromatic rings. The Kier molecular flexibility index (Phi) is 7.24. The van der Waals surface area contributed by atoms with E-state index < -0.39 is 6.04 Å². The minimum absolute atomic E-state index is 0.263. The van der Waals surface area contributed by atoms with Crippen molar-refractivity contribution in [2.75, 3.05) is 43.5 Å². The van der Waals surface area contributed by atoms with Gasteiger partial charge < -0.3 is 19.9 Å². The molecule has 9 nitrogen and oxygen atoms in total. The molecule has 1 fully saturated rings. The molecule has 0 spiro atoms. The molecule has 0 saturated carbocycles. The molecule has 1 aliphatic heterocycles. The molecule has 1 aromatic carbocycles. The van der Waals surface area contributed by atoms with Gasteiger partial charge in [0, 0.05) is 44.0 Å². The molecule has 29 heavy (non-hydrogen) atoms. The topological polar surface area (TPSA) is 99.7 Å². The molecule has 3 rings (SSSR count). The zero-order valence-electron chi connectivity index (χ0n) is 16.2. The second kappa shape index (κ2) is 9.86. The molecule has 0 aliphatic carbocycles. The molecule has 0 radical (unpaired) electrons. The molecular formula is C18H23ClN6O3S.